The lowest BCUT2D eigenvalue weighted by Crippen LogP contribution is -2.42. The Kier molecular flexibility index (Phi) is 5.78. The van der Waals surface area contributed by atoms with Crippen LogP contribution < -0.4 is 5.32 Å². The molecule has 4 nitrogen and oxygen atoms in total. The quantitative estimate of drug-likeness (QED) is 0.764. The molecule has 0 aromatic heterocycles. The van der Waals surface area contributed by atoms with Crippen LogP contribution in [0.3, 0.4) is 0 Å². The van der Waals surface area contributed by atoms with E-state index in [9.17, 15) is 9.90 Å². The molecule has 2 N–H and O–H groups in total. The van der Waals surface area contributed by atoms with Crippen LogP contribution in [-0.2, 0) is 16.6 Å². The average molecular weight is 387 g/mol. The lowest BCUT2D eigenvalue weighted by Gasteiger charge is -2.25. The Morgan fingerprint density at radius 1 is 1.30 bits per heavy atom. The summed E-state index contributed by atoms with van der Waals surface area (Å²) in [6.07, 6.45) is 1.64. The first kappa shape index (κ1) is 19.7. The highest BCUT2D eigenvalue weighted by atomic mass is 35.5. The number of nitrogens with one attached hydrogen (secondary N) is 1. The van der Waals surface area contributed by atoms with Gasteiger partial charge in [-0.05, 0) is 50.2 Å². The van der Waals surface area contributed by atoms with Gasteiger partial charge < -0.3 is 15.3 Å². The molecule has 0 heterocycles. The van der Waals surface area contributed by atoms with Crippen molar-refractivity contribution in [3.05, 3.63) is 64.7 Å². The molecule has 0 aliphatic heterocycles. The number of hydrogen-bond acceptors (Lipinski definition) is 3. The zero-order valence-electron chi connectivity index (χ0n) is 16.1. The number of hydrogen-bond donors (Lipinski definition) is 2. The smallest absolute Gasteiger partial charge is 0.224 e. The van der Waals surface area contributed by atoms with Crippen molar-refractivity contribution in [2.75, 3.05) is 20.6 Å². The highest BCUT2D eigenvalue weighted by molar-refractivity contribution is 6.32. The van der Waals surface area contributed by atoms with Gasteiger partial charge in [0, 0.05) is 23.9 Å². The predicted octanol–water partition coefficient (Wildman–Crippen LogP) is 3.61. The van der Waals surface area contributed by atoms with E-state index < -0.39 is 0 Å². The molecule has 0 radical (unpaired) electrons. The Morgan fingerprint density at radius 2 is 2.00 bits per heavy atom. The molecule has 5 heteroatoms. The van der Waals surface area contributed by atoms with E-state index in [1.807, 2.05) is 38.4 Å². The molecule has 1 saturated carbocycles. The second-order valence-electron chi connectivity index (χ2n) is 7.89. The van der Waals surface area contributed by atoms with Gasteiger partial charge in [0.15, 0.2) is 0 Å². The SMILES string of the molecule is CN(C)C(CNC(=O)[C@@H]1C[C@]1(C)c1ccccc1)Cc1ccc(O)c(Cl)c1. The third-order valence-corrected chi connectivity index (χ3v) is 6.02. The van der Waals surface area contributed by atoms with Gasteiger partial charge in [-0.15, -0.1) is 0 Å². The maximum absolute atomic E-state index is 12.7. The lowest BCUT2D eigenvalue weighted by molar-refractivity contribution is -0.122. The van der Waals surface area contributed by atoms with Crippen molar-refractivity contribution in [3.8, 4) is 5.75 Å². The Labute approximate surface area is 166 Å². The fourth-order valence-electron chi connectivity index (χ4n) is 3.61. The van der Waals surface area contributed by atoms with Gasteiger partial charge in [0.25, 0.3) is 0 Å². The molecule has 1 amide bonds. The molecule has 27 heavy (non-hydrogen) atoms. The minimum absolute atomic E-state index is 0.0332. The number of rotatable bonds is 7. The number of carbonyl (C=O) groups is 1. The second-order valence-corrected chi connectivity index (χ2v) is 8.30. The molecule has 1 unspecified atom stereocenters. The van der Waals surface area contributed by atoms with E-state index in [0.717, 1.165) is 18.4 Å². The van der Waals surface area contributed by atoms with Gasteiger partial charge in [-0.1, -0.05) is 54.9 Å². The number of halogens is 1. The first-order chi connectivity index (χ1) is 12.8. The van der Waals surface area contributed by atoms with Crippen molar-refractivity contribution in [3.63, 3.8) is 0 Å². The minimum Gasteiger partial charge on any atom is -0.506 e. The molecule has 144 valence electrons. The summed E-state index contributed by atoms with van der Waals surface area (Å²) in [6, 6.07) is 15.7. The van der Waals surface area contributed by atoms with Crippen LogP contribution in [-0.4, -0.2) is 42.6 Å². The van der Waals surface area contributed by atoms with E-state index in [2.05, 4.69) is 29.3 Å². The van der Waals surface area contributed by atoms with Gasteiger partial charge in [-0.25, -0.2) is 0 Å². The summed E-state index contributed by atoms with van der Waals surface area (Å²) in [5.41, 5.74) is 2.21. The van der Waals surface area contributed by atoms with E-state index in [4.69, 9.17) is 11.6 Å². The summed E-state index contributed by atoms with van der Waals surface area (Å²) in [5, 5.41) is 13.1. The number of likely N-dealkylation sites (N-methyl/N-ethyl adjacent to an activating group) is 1. The van der Waals surface area contributed by atoms with Gasteiger partial charge >= 0.3 is 0 Å². The van der Waals surface area contributed by atoms with Gasteiger partial charge in [0.05, 0.1) is 5.02 Å². The highest BCUT2D eigenvalue weighted by Crippen LogP contribution is 2.53. The Balaban J connectivity index is 1.58. The maximum Gasteiger partial charge on any atom is 0.224 e. The number of carbonyl (C=O) groups excluding carboxylic acids is 1. The van der Waals surface area contributed by atoms with Crippen LogP contribution in [0.15, 0.2) is 48.5 Å². The van der Waals surface area contributed by atoms with Crippen molar-refractivity contribution in [2.45, 2.75) is 31.2 Å². The van der Waals surface area contributed by atoms with Crippen LogP contribution in [0.5, 0.6) is 5.75 Å². The molecule has 2 aromatic carbocycles. The third kappa shape index (κ3) is 4.45. The monoisotopic (exact) mass is 386 g/mol. The van der Waals surface area contributed by atoms with Crippen LogP contribution in [0.2, 0.25) is 5.02 Å². The van der Waals surface area contributed by atoms with Gasteiger partial charge in [-0.2, -0.15) is 0 Å². The number of aromatic hydroxyl groups is 1. The summed E-state index contributed by atoms with van der Waals surface area (Å²) in [7, 11) is 4.01. The van der Waals surface area contributed by atoms with Gasteiger partial charge in [0.2, 0.25) is 5.91 Å². The topological polar surface area (TPSA) is 52.6 Å². The highest BCUT2D eigenvalue weighted by Gasteiger charge is 2.55. The zero-order chi connectivity index (χ0) is 19.6. The molecule has 0 bridgehead atoms. The maximum atomic E-state index is 12.7. The number of amides is 1. The largest absolute Gasteiger partial charge is 0.506 e. The summed E-state index contributed by atoms with van der Waals surface area (Å²) in [4.78, 5) is 14.8. The Hall–Kier alpha value is -2.04. The average Bonchev–Trinajstić information content (AvgIpc) is 3.35. The van der Waals surface area contributed by atoms with Crippen LogP contribution in [0.25, 0.3) is 0 Å². The van der Waals surface area contributed by atoms with Crippen LogP contribution >= 0.6 is 11.6 Å². The minimum atomic E-state index is -0.0521. The van der Waals surface area contributed by atoms with E-state index in [1.54, 1.807) is 12.1 Å². The Bertz CT molecular complexity index is 809. The molecule has 3 rings (SSSR count). The zero-order valence-corrected chi connectivity index (χ0v) is 16.8. The van der Waals surface area contributed by atoms with E-state index >= 15 is 0 Å². The first-order valence-corrected chi connectivity index (χ1v) is 9.66. The molecule has 0 spiro atoms. The third-order valence-electron chi connectivity index (χ3n) is 5.71. The van der Waals surface area contributed by atoms with Crippen LogP contribution in [0.1, 0.15) is 24.5 Å². The van der Waals surface area contributed by atoms with E-state index in [1.165, 1.54) is 5.56 Å². The summed E-state index contributed by atoms with van der Waals surface area (Å²) >= 11 is 6.01. The molecular formula is C22H27ClN2O2. The Morgan fingerprint density at radius 3 is 2.63 bits per heavy atom. The number of nitrogens with zero attached hydrogens (tertiary/aromatic N) is 1. The molecule has 0 saturated heterocycles. The second kappa shape index (κ2) is 7.91. The van der Waals surface area contributed by atoms with Crippen LogP contribution in [0, 0.1) is 5.92 Å². The molecule has 3 atom stereocenters. The molecule has 1 fully saturated rings. The standard InChI is InChI=1S/C22H27ClN2O2/c1-22(16-7-5-4-6-8-16)13-18(22)21(27)24-14-17(25(2)3)11-15-9-10-20(26)19(23)12-15/h4-10,12,17-18,26H,11,13-14H2,1-3H3,(H,24,27)/t17?,18-,22+/m0/s1. The normalized spacial score (nSPS) is 22.5. The summed E-state index contributed by atoms with van der Waals surface area (Å²) < 4.78 is 0. The first-order valence-electron chi connectivity index (χ1n) is 9.28. The lowest BCUT2D eigenvalue weighted by atomic mass is 9.95. The summed E-state index contributed by atoms with van der Waals surface area (Å²) in [6.45, 7) is 2.74. The fourth-order valence-corrected chi connectivity index (χ4v) is 3.82. The molecular weight excluding hydrogens is 360 g/mol. The summed E-state index contributed by atoms with van der Waals surface area (Å²) in [5.74, 6) is 0.242. The van der Waals surface area contributed by atoms with E-state index in [0.29, 0.717) is 11.6 Å². The molecule has 2 aromatic rings. The number of phenols is 1. The number of benzene rings is 2. The fraction of sp³-hybridized carbons (Fsp3) is 0.409. The number of phenolic OH excluding ortho intramolecular Hbond substituents is 1. The predicted molar refractivity (Wildman–Crippen MR) is 109 cm³/mol. The van der Waals surface area contributed by atoms with E-state index in [-0.39, 0.29) is 29.0 Å². The van der Waals surface area contributed by atoms with Gasteiger partial charge in [-0.3, -0.25) is 4.79 Å². The van der Waals surface area contributed by atoms with Crippen molar-refractivity contribution in [1.29, 1.82) is 0 Å². The van der Waals surface area contributed by atoms with Crippen molar-refractivity contribution in [1.82, 2.24) is 10.2 Å². The van der Waals surface area contributed by atoms with Gasteiger partial charge in [0.1, 0.15) is 5.75 Å². The van der Waals surface area contributed by atoms with Crippen molar-refractivity contribution >= 4 is 17.5 Å². The van der Waals surface area contributed by atoms with Crippen molar-refractivity contribution < 1.29 is 9.90 Å². The van der Waals surface area contributed by atoms with Crippen LogP contribution in [0.4, 0.5) is 0 Å². The molecule has 1 aliphatic carbocycles. The van der Waals surface area contributed by atoms with Crippen molar-refractivity contribution in [2.24, 2.45) is 5.92 Å². The molecule has 1 aliphatic rings.